The lowest BCUT2D eigenvalue weighted by molar-refractivity contribution is 0.0944. The van der Waals surface area contributed by atoms with Crippen LogP contribution in [0, 0.1) is 6.92 Å². The molecule has 0 aliphatic heterocycles. The number of nitrogens with zero attached hydrogens (tertiary/aromatic N) is 3. The number of H-pyrrole nitrogens is 1. The third kappa shape index (κ3) is 4.24. The van der Waals surface area contributed by atoms with Gasteiger partial charge >= 0.3 is 0 Å². The topological polar surface area (TPSA) is 92.2 Å². The Balaban J connectivity index is 1.35. The third-order valence-corrected chi connectivity index (χ3v) is 7.84. The molecule has 39 heavy (non-hydrogen) atoms. The second-order valence-corrected chi connectivity index (χ2v) is 10.8. The van der Waals surface area contributed by atoms with Gasteiger partial charge in [0.1, 0.15) is 5.52 Å². The standard InChI is InChI=1S/C32H31N5O2/c1-17(2)28-29(31(38)34-14-21-9-10-22-11-19(4)20(5)25(22)12-21)36-37-16-27(35-32(39)30(28)37)23-13-24-18(3)7-6-8-26(24)33-15-23/h6-10,12-13,15-17H,11,14H2,1-5H3,(H,34,38)(H,35,39). The summed E-state index contributed by atoms with van der Waals surface area (Å²) < 4.78 is 1.53. The van der Waals surface area contributed by atoms with Crippen LogP contribution in [0.2, 0.25) is 0 Å². The van der Waals surface area contributed by atoms with E-state index < -0.39 is 0 Å². The average Bonchev–Trinajstić information content (AvgIpc) is 3.45. The van der Waals surface area contributed by atoms with Gasteiger partial charge in [0, 0.05) is 29.3 Å². The normalized spacial score (nSPS) is 13.1. The van der Waals surface area contributed by atoms with Crippen LogP contribution in [0.3, 0.4) is 0 Å². The molecule has 1 amide bonds. The largest absolute Gasteiger partial charge is 0.347 e. The number of carbonyl (C=O) groups excluding carboxylic acids is 1. The maximum absolute atomic E-state index is 13.4. The number of hydrogen-bond donors (Lipinski definition) is 2. The minimum atomic E-state index is -0.296. The van der Waals surface area contributed by atoms with Gasteiger partial charge in [0.2, 0.25) is 0 Å². The fourth-order valence-electron chi connectivity index (χ4n) is 5.56. The van der Waals surface area contributed by atoms with E-state index >= 15 is 0 Å². The highest BCUT2D eigenvalue weighted by molar-refractivity contribution is 5.96. The lowest BCUT2D eigenvalue weighted by atomic mass is 10.0. The van der Waals surface area contributed by atoms with Gasteiger partial charge in [-0.15, -0.1) is 0 Å². The van der Waals surface area contributed by atoms with Gasteiger partial charge in [0.05, 0.1) is 17.4 Å². The fourth-order valence-corrected chi connectivity index (χ4v) is 5.56. The molecule has 0 saturated carbocycles. The smallest absolute Gasteiger partial charge is 0.274 e. The SMILES string of the molecule is CC1=C(C)c2cc(CNC(=O)c3nn4cc(-c5cnc6cccc(C)c6c5)[nH]c(=O)c4c3C(C)C)ccc2C1. The molecule has 5 aromatic rings. The minimum absolute atomic E-state index is 0.0732. The first-order valence-corrected chi connectivity index (χ1v) is 13.3. The summed E-state index contributed by atoms with van der Waals surface area (Å²) in [6.45, 7) is 10.7. The Kier molecular flexibility index (Phi) is 5.94. The van der Waals surface area contributed by atoms with Crippen LogP contribution < -0.4 is 10.9 Å². The van der Waals surface area contributed by atoms with Crippen LogP contribution in [0.1, 0.15) is 71.9 Å². The molecule has 3 aromatic heterocycles. The van der Waals surface area contributed by atoms with Gasteiger partial charge in [-0.2, -0.15) is 5.10 Å². The highest BCUT2D eigenvalue weighted by Gasteiger charge is 2.24. The van der Waals surface area contributed by atoms with E-state index in [-0.39, 0.29) is 23.1 Å². The van der Waals surface area contributed by atoms with E-state index in [4.69, 9.17) is 0 Å². The van der Waals surface area contributed by atoms with Crippen molar-refractivity contribution in [1.29, 1.82) is 0 Å². The second-order valence-electron chi connectivity index (χ2n) is 10.8. The number of fused-ring (bicyclic) bond motifs is 3. The Morgan fingerprint density at radius 1 is 1.13 bits per heavy atom. The number of amides is 1. The van der Waals surface area contributed by atoms with E-state index in [0.29, 0.717) is 23.3 Å². The Hall–Kier alpha value is -4.52. The molecule has 1 aliphatic carbocycles. The number of aromatic nitrogens is 4. The maximum atomic E-state index is 13.4. The van der Waals surface area contributed by atoms with Crippen LogP contribution in [0.4, 0.5) is 0 Å². The molecule has 0 unspecified atom stereocenters. The van der Waals surface area contributed by atoms with Crippen molar-refractivity contribution in [2.24, 2.45) is 0 Å². The highest BCUT2D eigenvalue weighted by Crippen LogP contribution is 2.33. The number of aryl methyl sites for hydroxylation is 1. The predicted molar refractivity (Wildman–Crippen MR) is 155 cm³/mol. The summed E-state index contributed by atoms with van der Waals surface area (Å²) >= 11 is 0. The first kappa shape index (κ1) is 24.8. The third-order valence-electron chi connectivity index (χ3n) is 7.84. The zero-order valence-electron chi connectivity index (χ0n) is 22.8. The van der Waals surface area contributed by atoms with Gasteiger partial charge in [0.15, 0.2) is 5.69 Å². The zero-order chi connectivity index (χ0) is 27.4. The summed E-state index contributed by atoms with van der Waals surface area (Å²) in [4.78, 5) is 34.3. The first-order chi connectivity index (χ1) is 18.7. The molecule has 6 rings (SSSR count). The molecule has 0 saturated heterocycles. The molecule has 1 aliphatic rings. The van der Waals surface area contributed by atoms with Crippen molar-refractivity contribution in [3.8, 4) is 11.3 Å². The summed E-state index contributed by atoms with van der Waals surface area (Å²) in [6, 6.07) is 14.4. The molecule has 0 radical (unpaired) electrons. The molecule has 0 fully saturated rings. The van der Waals surface area contributed by atoms with Crippen LogP contribution in [0.5, 0.6) is 0 Å². The van der Waals surface area contributed by atoms with E-state index in [1.807, 2.05) is 45.0 Å². The van der Waals surface area contributed by atoms with Gasteiger partial charge in [-0.25, -0.2) is 4.52 Å². The Bertz CT molecular complexity index is 1890. The summed E-state index contributed by atoms with van der Waals surface area (Å²) in [5.74, 6) is -0.369. The molecule has 0 spiro atoms. The molecular formula is C32H31N5O2. The van der Waals surface area contributed by atoms with Gasteiger partial charge in [-0.3, -0.25) is 14.6 Å². The van der Waals surface area contributed by atoms with Gasteiger partial charge in [0.25, 0.3) is 11.5 Å². The van der Waals surface area contributed by atoms with E-state index in [1.165, 1.54) is 26.8 Å². The van der Waals surface area contributed by atoms with E-state index in [2.05, 4.69) is 52.4 Å². The number of hydrogen-bond acceptors (Lipinski definition) is 4. The molecular weight excluding hydrogens is 486 g/mol. The number of nitrogens with one attached hydrogen (secondary N) is 2. The first-order valence-electron chi connectivity index (χ1n) is 13.3. The summed E-state index contributed by atoms with van der Waals surface area (Å²) in [6.07, 6.45) is 4.49. The quantitative estimate of drug-likeness (QED) is 0.301. The van der Waals surface area contributed by atoms with Crippen LogP contribution in [-0.4, -0.2) is 25.5 Å². The molecule has 7 heteroatoms. The summed E-state index contributed by atoms with van der Waals surface area (Å²) in [5, 5.41) is 8.66. The van der Waals surface area contributed by atoms with Crippen molar-refractivity contribution in [3.05, 3.63) is 104 Å². The Morgan fingerprint density at radius 2 is 1.95 bits per heavy atom. The molecule has 196 valence electrons. The summed E-state index contributed by atoms with van der Waals surface area (Å²) in [7, 11) is 0. The van der Waals surface area contributed by atoms with Crippen LogP contribution >= 0.6 is 0 Å². The van der Waals surface area contributed by atoms with Crippen molar-refractivity contribution < 1.29 is 4.79 Å². The van der Waals surface area contributed by atoms with Crippen molar-refractivity contribution in [3.63, 3.8) is 0 Å². The lowest BCUT2D eigenvalue weighted by Crippen LogP contribution is -2.24. The molecule has 3 heterocycles. The molecule has 7 nitrogen and oxygen atoms in total. The maximum Gasteiger partial charge on any atom is 0.274 e. The highest BCUT2D eigenvalue weighted by atomic mass is 16.2. The average molecular weight is 518 g/mol. The monoisotopic (exact) mass is 517 g/mol. The predicted octanol–water partition coefficient (Wildman–Crippen LogP) is 5.95. The van der Waals surface area contributed by atoms with Crippen LogP contribution in [0.25, 0.3) is 33.3 Å². The van der Waals surface area contributed by atoms with Gasteiger partial charge < -0.3 is 10.3 Å². The van der Waals surface area contributed by atoms with Crippen molar-refractivity contribution >= 4 is 27.9 Å². The number of carbonyl (C=O) groups is 1. The molecule has 0 atom stereocenters. The van der Waals surface area contributed by atoms with Crippen molar-refractivity contribution in [2.45, 2.75) is 53.5 Å². The Morgan fingerprint density at radius 3 is 2.74 bits per heavy atom. The second kappa shape index (κ2) is 9.34. The van der Waals surface area contributed by atoms with Crippen molar-refractivity contribution in [1.82, 2.24) is 24.9 Å². The fraction of sp³-hybridized carbons (Fsp3) is 0.250. The molecule has 2 aromatic carbocycles. The Labute approximate surface area is 226 Å². The van der Waals surface area contributed by atoms with Crippen LogP contribution in [0.15, 0.2) is 65.2 Å². The van der Waals surface area contributed by atoms with Crippen molar-refractivity contribution in [2.75, 3.05) is 0 Å². The van der Waals surface area contributed by atoms with E-state index in [9.17, 15) is 9.59 Å². The number of benzene rings is 2. The lowest BCUT2D eigenvalue weighted by Gasteiger charge is -2.09. The zero-order valence-corrected chi connectivity index (χ0v) is 22.8. The summed E-state index contributed by atoms with van der Waals surface area (Å²) in [5.41, 5.74) is 10.7. The van der Waals surface area contributed by atoms with Gasteiger partial charge in [-0.1, -0.05) is 43.7 Å². The number of rotatable bonds is 5. The van der Waals surface area contributed by atoms with E-state index in [0.717, 1.165) is 34.0 Å². The minimum Gasteiger partial charge on any atom is -0.347 e. The molecule has 0 bridgehead atoms. The number of allylic oxidation sites excluding steroid dienone is 2. The van der Waals surface area contributed by atoms with E-state index in [1.54, 1.807) is 12.4 Å². The molecule has 2 N–H and O–H groups in total. The number of aromatic amines is 1. The van der Waals surface area contributed by atoms with Gasteiger partial charge in [-0.05, 0) is 79.1 Å². The van der Waals surface area contributed by atoms with Crippen LogP contribution in [-0.2, 0) is 13.0 Å². The number of pyridine rings is 1.